The molecule has 1 saturated carbocycles. The van der Waals surface area contributed by atoms with E-state index in [1.807, 2.05) is 30.3 Å². The van der Waals surface area contributed by atoms with Gasteiger partial charge in [-0.1, -0.05) is 30.3 Å². The summed E-state index contributed by atoms with van der Waals surface area (Å²) in [5, 5.41) is 0. The fourth-order valence-corrected chi connectivity index (χ4v) is 2.62. The maximum absolute atomic E-state index is 13.9. The van der Waals surface area contributed by atoms with Gasteiger partial charge in [0.25, 0.3) is 0 Å². The first-order valence-corrected chi connectivity index (χ1v) is 6.60. The molecule has 3 rings (SSSR count). The molecule has 0 N–H and O–H groups in total. The maximum Gasteiger partial charge on any atom is 0.176 e. The highest BCUT2D eigenvalue weighted by Crippen LogP contribution is 2.50. The molecule has 1 nitrogen and oxygen atoms in total. The zero-order valence-electron chi connectivity index (χ0n) is 11.1. The van der Waals surface area contributed by atoms with Gasteiger partial charge in [0.15, 0.2) is 5.78 Å². The van der Waals surface area contributed by atoms with Gasteiger partial charge in [0.1, 0.15) is 11.6 Å². The minimum absolute atomic E-state index is 0.00902. The van der Waals surface area contributed by atoms with E-state index in [0.29, 0.717) is 18.4 Å². The standard InChI is InChI=1S/C17H14F2O/c1-11-9-13(15(19)10-14(11)18)16(20)17(7-8-17)12-5-3-2-4-6-12/h2-6,9-10H,7-8H2,1H3. The second kappa shape index (κ2) is 4.51. The van der Waals surface area contributed by atoms with Crippen molar-refractivity contribution in [3.8, 4) is 0 Å². The Hall–Kier alpha value is -2.03. The Bertz CT molecular complexity index is 673. The molecule has 0 amide bonds. The van der Waals surface area contributed by atoms with Gasteiger partial charge in [-0.2, -0.15) is 0 Å². The van der Waals surface area contributed by atoms with Crippen LogP contribution >= 0.6 is 0 Å². The summed E-state index contributed by atoms with van der Waals surface area (Å²) in [6, 6.07) is 11.5. The van der Waals surface area contributed by atoms with Gasteiger partial charge in [0.2, 0.25) is 0 Å². The summed E-state index contributed by atoms with van der Waals surface area (Å²) >= 11 is 0. The Morgan fingerprint density at radius 2 is 1.70 bits per heavy atom. The van der Waals surface area contributed by atoms with Gasteiger partial charge in [0.05, 0.1) is 11.0 Å². The molecule has 2 aromatic carbocycles. The second-order valence-corrected chi connectivity index (χ2v) is 5.36. The molecule has 3 heteroatoms. The van der Waals surface area contributed by atoms with Gasteiger partial charge >= 0.3 is 0 Å². The van der Waals surface area contributed by atoms with Crippen molar-refractivity contribution >= 4 is 5.78 Å². The van der Waals surface area contributed by atoms with Crippen molar-refractivity contribution < 1.29 is 13.6 Å². The van der Waals surface area contributed by atoms with Crippen molar-refractivity contribution in [2.75, 3.05) is 0 Å². The molecular weight excluding hydrogens is 258 g/mol. The van der Waals surface area contributed by atoms with E-state index in [0.717, 1.165) is 11.6 Å². The molecule has 0 spiro atoms. The zero-order chi connectivity index (χ0) is 14.3. The minimum Gasteiger partial charge on any atom is -0.293 e. The molecular formula is C17H14F2O. The Morgan fingerprint density at radius 1 is 1.05 bits per heavy atom. The molecule has 0 heterocycles. The van der Waals surface area contributed by atoms with E-state index in [-0.39, 0.29) is 11.3 Å². The largest absolute Gasteiger partial charge is 0.293 e. The Kier molecular flexibility index (Phi) is 2.93. The van der Waals surface area contributed by atoms with Crippen LogP contribution in [-0.4, -0.2) is 5.78 Å². The first-order chi connectivity index (χ1) is 9.54. The second-order valence-electron chi connectivity index (χ2n) is 5.36. The third kappa shape index (κ3) is 1.94. The number of carbonyl (C=O) groups excluding carboxylic acids is 1. The third-order valence-corrected chi connectivity index (χ3v) is 4.00. The number of halogens is 2. The van der Waals surface area contributed by atoms with E-state index in [4.69, 9.17) is 0 Å². The third-order valence-electron chi connectivity index (χ3n) is 4.00. The van der Waals surface area contributed by atoms with Gasteiger partial charge in [-0.3, -0.25) is 4.79 Å². The van der Waals surface area contributed by atoms with Crippen LogP contribution < -0.4 is 0 Å². The van der Waals surface area contributed by atoms with E-state index >= 15 is 0 Å². The van der Waals surface area contributed by atoms with Gasteiger partial charge in [-0.05, 0) is 37.0 Å². The Labute approximate surface area is 116 Å². The Balaban J connectivity index is 2.04. The molecule has 0 radical (unpaired) electrons. The fraction of sp³-hybridized carbons (Fsp3) is 0.235. The van der Waals surface area contributed by atoms with Crippen molar-refractivity contribution in [1.82, 2.24) is 0 Å². The first kappa shape index (κ1) is 13.0. The van der Waals surface area contributed by atoms with E-state index in [9.17, 15) is 13.6 Å². The van der Waals surface area contributed by atoms with Crippen LogP contribution in [0.2, 0.25) is 0 Å². The predicted molar refractivity (Wildman–Crippen MR) is 72.8 cm³/mol. The highest BCUT2D eigenvalue weighted by atomic mass is 19.1. The lowest BCUT2D eigenvalue weighted by atomic mass is 9.87. The lowest BCUT2D eigenvalue weighted by molar-refractivity contribution is 0.0942. The molecule has 20 heavy (non-hydrogen) atoms. The number of aryl methyl sites for hydroxylation is 1. The van der Waals surface area contributed by atoms with Crippen molar-refractivity contribution in [3.05, 3.63) is 70.8 Å². The van der Waals surface area contributed by atoms with Crippen molar-refractivity contribution in [2.24, 2.45) is 0 Å². The molecule has 1 aliphatic carbocycles. The molecule has 0 saturated heterocycles. The van der Waals surface area contributed by atoms with E-state index in [2.05, 4.69) is 0 Å². The summed E-state index contributed by atoms with van der Waals surface area (Å²) in [4.78, 5) is 12.7. The average molecular weight is 272 g/mol. The molecule has 0 aromatic heterocycles. The topological polar surface area (TPSA) is 17.1 Å². The number of rotatable bonds is 3. The quantitative estimate of drug-likeness (QED) is 0.766. The van der Waals surface area contributed by atoms with Crippen LogP contribution in [0.3, 0.4) is 0 Å². The highest BCUT2D eigenvalue weighted by Gasteiger charge is 2.51. The average Bonchev–Trinajstić information content (AvgIpc) is 3.25. The van der Waals surface area contributed by atoms with Gasteiger partial charge in [-0.15, -0.1) is 0 Å². The first-order valence-electron chi connectivity index (χ1n) is 6.60. The van der Waals surface area contributed by atoms with Crippen LogP contribution in [0.25, 0.3) is 0 Å². The zero-order valence-corrected chi connectivity index (χ0v) is 11.1. The van der Waals surface area contributed by atoms with Crippen LogP contribution in [0, 0.1) is 18.6 Å². The van der Waals surface area contributed by atoms with Gasteiger partial charge in [-0.25, -0.2) is 8.78 Å². The molecule has 0 bridgehead atoms. The normalized spacial score (nSPS) is 15.9. The summed E-state index contributed by atoms with van der Waals surface area (Å²) in [7, 11) is 0. The molecule has 1 fully saturated rings. The molecule has 1 aliphatic rings. The minimum atomic E-state index is -0.777. The van der Waals surface area contributed by atoms with Crippen LogP contribution in [0.4, 0.5) is 8.78 Å². The lowest BCUT2D eigenvalue weighted by Crippen LogP contribution is -2.22. The maximum atomic E-state index is 13.9. The van der Waals surface area contributed by atoms with Crippen LogP contribution in [0.5, 0.6) is 0 Å². The summed E-state index contributed by atoms with van der Waals surface area (Å²) < 4.78 is 27.2. The molecule has 2 aromatic rings. The van der Waals surface area contributed by atoms with Crippen molar-refractivity contribution in [3.63, 3.8) is 0 Å². The molecule has 0 aliphatic heterocycles. The smallest absolute Gasteiger partial charge is 0.176 e. The Morgan fingerprint density at radius 3 is 2.30 bits per heavy atom. The SMILES string of the molecule is Cc1cc(C(=O)C2(c3ccccc3)CC2)c(F)cc1F. The van der Waals surface area contributed by atoms with Crippen molar-refractivity contribution in [1.29, 1.82) is 0 Å². The number of benzene rings is 2. The number of hydrogen-bond acceptors (Lipinski definition) is 1. The lowest BCUT2D eigenvalue weighted by Gasteiger charge is -2.15. The number of carbonyl (C=O) groups is 1. The van der Waals surface area contributed by atoms with Crippen LogP contribution in [0.15, 0.2) is 42.5 Å². The van der Waals surface area contributed by atoms with Crippen molar-refractivity contribution in [2.45, 2.75) is 25.2 Å². The number of hydrogen-bond donors (Lipinski definition) is 0. The summed E-state index contributed by atoms with van der Waals surface area (Å²) in [5.41, 5.74) is 0.571. The summed E-state index contributed by atoms with van der Waals surface area (Å²) in [5.74, 6) is -1.65. The monoisotopic (exact) mass is 272 g/mol. The highest BCUT2D eigenvalue weighted by molar-refractivity contribution is 6.06. The molecule has 0 unspecified atom stereocenters. The van der Waals surface area contributed by atoms with E-state index in [1.54, 1.807) is 0 Å². The summed E-state index contributed by atoms with van der Waals surface area (Å²) in [6.45, 7) is 1.54. The summed E-state index contributed by atoms with van der Waals surface area (Å²) in [6.07, 6.45) is 1.43. The van der Waals surface area contributed by atoms with Crippen LogP contribution in [0.1, 0.15) is 34.3 Å². The predicted octanol–water partition coefficient (Wildman–Crippen LogP) is 4.19. The van der Waals surface area contributed by atoms with E-state index in [1.165, 1.54) is 13.0 Å². The fourth-order valence-electron chi connectivity index (χ4n) is 2.62. The van der Waals surface area contributed by atoms with E-state index < -0.39 is 17.0 Å². The number of Topliss-reactive ketones (excluding diaryl/α,β-unsaturated/α-hetero) is 1. The van der Waals surface area contributed by atoms with Gasteiger partial charge < -0.3 is 0 Å². The van der Waals surface area contributed by atoms with Gasteiger partial charge in [0, 0.05) is 6.07 Å². The number of ketones is 1. The molecule has 102 valence electrons. The molecule has 0 atom stereocenters. The van der Waals surface area contributed by atoms with Crippen LogP contribution in [-0.2, 0) is 5.41 Å².